The van der Waals surface area contributed by atoms with Gasteiger partial charge in [-0.1, -0.05) is 0 Å². The third kappa shape index (κ3) is 2.10. The van der Waals surface area contributed by atoms with E-state index in [9.17, 15) is 18.4 Å². The molecule has 106 valence electrons. The highest BCUT2D eigenvalue weighted by molar-refractivity contribution is 6.52. The molecule has 20 heavy (non-hydrogen) atoms. The van der Waals surface area contributed by atoms with Gasteiger partial charge in [0.1, 0.15) is 11.6 Å². The molecule has 0 atom stereocenters. The number of nitrogens with zero attached hydrogens (tertiary/aromatic N) is 1. The molecule has 0 aliphatic carbocycles. The molecular formula is C14H13F2NO3. The zero-order valence-corrected chi connectivity index (χ0v) is 10.7. The van der Waals surface area contributed by atoms with Crippen LogP contribution in [0, 0.1) is 17.6 Å². The monoisotopic (exact) mass is 281 g/mol. The zero-order valence-electron chi connectivity index (χ0n) is 10.7. The normalized spacial score (nSPS) is 19.6. The van der Waals surface area contributed by atoms with E-state index in [0.29, 0.717) is 25.8 Å². The highest BCUT2D eigenvalue weighted by atomic mass is 19.1. The molecule has 1 fully saturated rings. The van der Waals surface area contributed by atoms with Crippen molar-refractivity contribution in [1.29, 1.82) is 0 Å². The van der Waals surface area contributed by atoms with Crippen molar-refractivity contribution in [2.45, 2.75) is 12.8 Å². The Morgan fingerprint density at radius 2 is 1.90 bits per heavy atom. The molecule has 1 amide bonds. The molecule has 0 spiro atoms. The first-order valence-electron chi connectivity index (χ1n) is 6.51. The molecule has 6 heteroatoms. The first-order valence-corrected chi connectivity index (χ1v) is 6.51. The Balaban J connectivity index is 1.93. The van der Waals surface area contributed by atoms with Crippen LogP contribution in [-0.4, -0.2) is 31.4 Å². The van der Waals surface area contributed by atoms with Gasteiger partial charge >= 0.3 is 0 Å². The van der Waals surface area contributed by atoms with Crippen molar-refractivity contribution in [3.63, 3.8) is 0 Å². The van der Waals surface area contributed by atoms with Crippen molar-refractivity contribution >= 4 is 17.4 Å². The Labute approximate surface area is 114 Å². The third-order valence-corrected chi connectivity index (χ3v) is 3.77. The second-order valence-electron chi connectivity index (χ2n) is 5.08. The number of carbonyl (C=O) groups excluding carboxylic acids is 2. The van der Waals surface area contributed by atoms with Crippen LogP contribution in [0.4, 0.5) is 14.5 Å². The summed E-state index contributed by atoms with van der Waals surface area (Å²) < 4.78 is 32.2. The summed E-state index contributed by atoms with van der Waals surface area (Å²) in [4.78, 5) is 25.0. The van der Waals surface area contributed by atoms with Gasteiger partial charge in [0.2, 0.25) is 0 Å². The summed E-state index contributed by atoms with van der Waals surface area (Å²) in [7, 11) is 0. The molecule has 0 unspecified atom stereocenters. The Hall–Kier alpha value is -1.82. The van der Waals surface area contributed by atoms with Gasteiger partial charge in [-0.25, -0.2) is 8.78 Å². The second kappa shape index (κ2) is 4.94. The number of hydrogen-bond acceptors (Lipinski definition) is 3. The summed E-state index contributed by atoms with van der Waals surface area (Å²) in [5.41, 5.74) is -0.271. The summed E-state index contributed by atoms with van der Waals surface area (Å²) in [6, 6.07) is 1.67. The molecule has 0 N–H and O–H groups in total. The van der Waals surface area contributed by atoms with Crippen LogP contribution in [0.2, 0.25) is 0 Å². The van der Waals surface area contributed by atoms with E-state index in [0.717, 1.165) is 18.9 Å². The minimum Gasteiger partial charge on any atom is -0.381 e. The number of ether oxygens (including phenoxy) is 1. The van der Waals surface area contributed by atoms with Crippen LogP contribution < -0.4 is 4.90 Å². The van der Waals surface area contributed by atoms with E-state index < -0.39 is 23.3 Å². The fourth-order valence-electron chi connectivity index (χ4n) is 2.71. The minimum absolute atomic E-state index is 0.0454. The highest BCUT2D eigenvalue weighted by Gasteiger charge is 2.39. The summed E-state index contributed by atoms with van der Waals surface area (Å²) in [6.45, 7) is 1.50. The van der Waals surface area contributed by atoms with Gasteiger partial charge < -0.3 is 9.64 Å². The molecule has 1 aromatic rings. The van der Waals surface area contributed by atoms with Crippen molar-refractivity contribution in [3.8, 4) is 0 Å². The van der Waals surface area contributed by atoms with Gasteiger partial charge in [-0.2, -0.15) is 0 Å². The van der Waals surface area contributed by atoms with Crippen molar-refractivity contribution in [1.82, 2.24) is 0 Å². The number of anilines is 1. The maximum absolute atomic E-state index is 13.7. The fourth-order valence-corrected chi connectivity index (χ4v) is 2.71. The van der Waals surface area contributed by atoms with E-state index in [1.807, 2.05) is 0 Å². The van der Waals surface area contributed by atoms with Crippen LogP contribution in [0.25, 0.3) is 0 Å². The number of carbonyl (C=O) groups is 2. The first-order chi connectivity index (χ1) is 9.58. The van der Waals surface area contributed by atoms with Gasteiger partial charge in [-0.3, -0.25) is 9.59 Å². The quantitative estimate of drug-likeness (QED) is 0.778. The molecule has 1 saturated heterocycles. The number of rotatable bonds is 2. The average molecular weight is 281 g/mol. The van der Waals surface area contributed by atoms with Crippen molar-refractivity contribution < 1.29 is 23.1 Å². The van der Waals surface area contributed by atoms with Crippen LogP contribution in [-0.2, 0) is 9.53 Å². The standard InChI is InChI=1S/C14H13F2NO3/c15-9-5-10(16)12-11(6-9)17(14(19)13(12)18)7-8-1-3-20-4-2-8/h5-6,8H,1-4,7H2. The van der Waals surface area contributed by atoms with Crippen LogP contribution in [0.15, 0.2) is 12.1 Å². The van der Waals surface area contributed by atoms with Crippen molar-refractivity contribution in [3.05, 3.63) is 29.3 Å². The van der Waals surface area contributed by atoms with E-state index in [4.69, 9.17) is 4.74 Å². The smallest absolute Gasteiger partial charge is 0.299 e. The fraction of sp³-hybridized carbons (Fsp3) is 0.429. The predicted molar refractivity (Wildman–Crippen MR) is 66.6 cm³/mol. The predicted octanol–water partition coefficient (Wildman–Crippen LogP) is 1.92. The van der Waals surface area contributed by atoms with E-state index in [-0.39, 0.29) is 17.2 Å². The molecule has 0 saturated carbocycles. The third-order valence-electron chi connectivity index (χ3n) is 3.77. The molecule has 2 heterocycles. The largest absolute Gasteiger partial charge is 0.381 e. The Morgan fingerprint density at radius 3 is 2.60 bits per heavy atom. The number of benzene rings is 1. The van der Waals surface area contributed by atoms with Crippen LogP contribution >= 0.6 is 0 Å². The summed E-state index contributed by atoms with van der Waals surface area (Å²) in [6.07, 6.45) is 1.54. The lowest BCUT2D eigenvalue weighted by Gasteiger charge is -2.27. The van der Waals surface area contributed by atoms with E-state index in [1.165, 1.54) is 4.90 Å². The summed E-state index contributed by atoms with van der Waals surface area (Å²) in [5.74, 6) is -3.27. The van der Waals surface area contributed by atoms with Crippen LogP contribution in [0.5, 0.6) is 0 Å². The molecule has 0 bridgehead atoms. The van der Waals surface area contributed by atoms with E-state index >= 15 is 0 Å². The van der Waals surface area contributed by atoms with E-state index in [2.05, 4.69) is 0 Å². The number of amides is 1. The van der Waals surface area contributed by atoms with Crippen LogP contribution in [0.3, 0.4) is 0 Å². The number of ketones is 1. The van der Waals surface area contributed by atoms with Gasteiger partial charge in [-0.15, -0.1) is 0 Å². The van der Waals surface area contributed by atoms with Crippen molar-refractivity contribution in [2.24, 2.45) is 5.92 Å². The number of fused-ring (bicyclic) bond motifs is 1. The second-order valence-corrected chi connectivity index (χ2v) is 5.08. The lowest BCUT2D eigenvalue weighted by molar-refractivity contribution is -0.114. The number of Topliss-reactive ketones (excluding diaryl/α,β-unsaturated/α-hetero) is 1. The molecular weight excluding hydrogens is 268 g/mol. The molecule has 0 radical (unpaired) electrons. The molecule has 3 rings (SSSR count). The lowest BCUT2D eigenvalue weighted by Crippen LogP contribution is -2.36. The first kappa shape index (κ1) is 13.2. The van der Waals surface area contributed by atoms with Gasteiger partial charge in [0, 0.05) is 25.8 Å². The van der Waals surface area contributed by atoms with Gasteiger partial charge in [-0.05, 0) is 24.8 Å². The lowest BCUT2D eigenvalue weighted by atomic mass is 9.99. The topological polar surface area (TPSA) is 46.6 Å². The molecule has 4 nitrogen and oxygen atoms in total. The van der Waals surface area contributed by atoms with Crippen molar-refractivity contribution in [2.75, 3.05) is 24.7 Å². The van der Waals surface area contributed by atoms with Crippen LogP contribution in [0.1, 0.15) is 23.2 Å². The average Bonchev–Trinajstić information content (AvgIpc) is 2.65. The van der Waals surface area contributed by atoms with Gasteiger partial charge in [0.05, 0.1) is 11.3 Å². The number of halogens is 2. The molecule has 0 aromatic heterocycles. The maximum atomic E-state index is 13.7. The molecule has 2 aliphatic heterocycles. The Kier molecular flexibility index (Phi) is 3.25. The number of hydrogen-bond donors (Lipinski definition) is 0. The van der Waals surface area contributed by atoms with Gasteiger partial charge in [0.15, 0.2) is 0 Å². The van der Waals surface area contributed by atoms with Gasteiger partial charge in [0.25, 0.3) is 11.7 Å². The molecule has 2 aliphatic rings. The maximum Gasteiger partial charge on any atom is 0.299 e. The van der Waals surface area contributed by atoms with E-state index in [1.54, 1.807) is 0 Å². The summed E-state index contributed by atoms with van der Waals surface area (Å²) >= 11 is 0. The Morgan fingerprint density at radius 1 is 1.20 bits per heavy atom. The summed E-state index contributed by atoms with van der Waals surface area (Å²) in [5, 5.41) is 0. The SMILES string of the molecule is O=C1C(=O)N(CC2CCOCC2)c2cc(F)cc(F)c21. The highest BCUT2D eigenvalue weighted by Crippen LogP contribution is 2.33. The molecule has 1 aromatic carbocycles. The zero-order chi connectivity index (χ0) is 14.3. The minimum atomic E-state index is -0.979. The Bertz CT molecular complexity index is 582.